The van der Waals surface area contributed by atoms with Gasteiger partial charge in [-0.2, -0.15) is 8.42 Å². The van der Waals surface area contributed by atoms with Gasteiger partial charge in [-0.1, -0.05) is 35.1 Å². The normalized spacial score (nSPS) is 12.3. The van der Waals surface area contributed by atoms with Gasteiger partial charge in [-0.15, -0.1) is 11.0 Å². The summed E-state index contributed by atoms with van der Waals surface area (Å²) in [4.78, 5) is 0.475. The average Bonchev–Trinajstić information content (AvgIpc) is 2.99. The molecule has 1 aromatic heterocycles. The van der Waals surface area contributed by atoms with E-state index in [9.17, 15) is 8.42 Å². The first kappa shape index (κ1) is 19.2. The minimum atomic E-state index is -3.86. The molecule has 0 bridgehead atoms. The van der Waals surface area contributed by atoms with Crippen LogP contribution in [0.3, 0.4) is 0 Å². The number of benzene rings is 2. The Morgan fingerprint density at radius 1 is 1.11 bits per heavy atom. The van der Waals surface area contributed by atoms with Crippen LogP contribution in [0, 0.1) is 6.92 Å². The SMILES string of the molecule is C=CCn1/c(=N/S(=O)(=O)c2ccc(C)cc2)sc2c(OC)ccc(OC)c21. The lowest BCUT2D eigenvalue weighted by Gasteiger charge is -2.08. The van der Waals surface area contributed by atoms with Crippen LogP contribution in [0.5, 0.6) is 11.5 Å². The fourth-order valence-electron chi connectivity index (χ4n) is 2.69. The first-order valence-electron chi connectivity index (χ1n) is 8.14. The monoisotopic (exact) mass is 404 g/mol. The zero-order valence-electron chi connectivity index (χ0n) is 15.3. The Morgan fingerprint density at radius 3 is 2.33 bits per heavy atom. The first-order valence-corrected chi connectivity index (χ1v) is 10.4. The highest BCUT2D eigenvalue weighted by Crippen LogP contribution is 2.35. The molecule has 0 aliphatic carbocycles. The summed E-state index contributed by atoms with van der Waals surface area (Å²) in [5, 5.41) is 0. The van der Waals surface area contributed by atoms with Crippen molar-refractivity contribution in [1.82, 2.24) is 4.57 Å². The van der Waals surface area contributed by atoms with E-state index in [1.807, 2.05) is 6.92 Å². The molecule has 3 aromatic rings. The second-order valence-electron chi connectivity index (χ2n) is 5.81. The second-order valence-corrected chi connectivity index (χ2v) is 8.39. The highest BCUT2D eigenvalue weighted by atomic mass is 32.2. The minimum absolute atomic E-state index is 0.148. The molecule has 27 heavy (non-hydrogen) atoms. The number of rotatable bonds is 6. The van der Waals surface area contributed by atoms with E-state index < -0.39 is 10.0 Å². The molecule has 0 radical (unpaired) electrons. The van der Waals surface area contributed by atoms with Crippen LogP contribution in [-0.2, 0) is 16.6 Å². The van der Waals surface area contributed by atoms with E-state index in [1.165, 1.54) is 11.3 Å². The lowest BCUT2D eigenvalue weighted by molar-refractivity contribution is 0.409. The molecule has 0 unspecified atom stereocenters. The lowest BCUT2D eigenvalue weighted by atomic mass is 10.2. The number of hydrogen-bond donors (Lipinski definition) is 0. The Kier molecular flexibility index (Phi) is 5.38. The summed E-state index contributed by atoms with van der Waals surface area (Å²) in [6.07, 6.45) is 1.68. The Morgan fingerprint density at radius 2 is 1.74 bits per heavy atom. The molecule has 0 atom stereocenters. The number of aromatic nitrogens is 1. The fraction of sp³-hybridized carbons (Fsp3) is 0.211. The van der Waals surface area contributed by atoms with Crippen molar-refractivity contribution in [2.75, 3.05) is 14.2 Å². The van der Waals surface area contributed by atoms with Crippen LogP contribution in [0.15, 0.2) is 58.3 Å². The third-order valence-corrected chi connectivity index (χ3v) is 6.51. The molecular weight excluding hydrogens is 384 g/mol. The van der Waals surface area contributed by atoms with E-state index >= 15 is 0 Å². The zero-order valence-corrected chi connectivity index (χ0v) is 16.9. The topological polar surface area (TPSA) is 69.9 Å². The fourth-order valence-corrected chi connectivity index (χ4v) is 5.04. The number of thiazole rings is 1. The molecule has 2 aromatic carbocycles. The zero-order chi connectivity index (χ0) is 19.6. The Labute approximate surface area is 162 Å². The van der Waals surface area contributed by atoms with E-state index in [0.29, 0.717) is 22.8 Å². The summed E-state index contributed by atoms with van der Waals surface area (Å²) in [5.41, 5.74) is 1.70. The summed E-state index contributed by atoms with van der Waals surface area (Å²) in [6.45, 7) is 6.05. The van der Waals surface area contributed by atoms with Crippen LogP contribution in [0.2, 0.25) is 0 Å². The maximum absolute atomic E-state index is 12.8. The Bertz CT molecular complexity index is 1160. The van der Waals surface area contributed by atoms with E-state index in [2.05, 4.69) is 11.0 Å². The predicted molar refractivity (Wildman–Crippen MR) is 107 cm³/mol. The van der Waals surface area contributed by atoms with Gasteiger partial charge in [0.2, 0.25) is 4.80 Å². The van der Waals surface area contributed by atoms with Gasteiger partial charge in [0, 0.05) is 6.54 Å². The van der Waals surface area contributed by atoms with Gasteiger partial charge in [-0.25, -0.2) is 0 Å². The van der Waals surface area contributed by atoms with E-state index in [1.54, 1.807) is 61.3 Å². The van der Waals surface area contributed by atoms with Gasteiger partial charge in [-0.3, -0.25) is 0 Å². The van der Waals surface area contributed by atoms with E-state index in [-0.39, 0.29) is 4.90 Å². The number of ether oxygens (including phenoxy) is 2. The molecule has 8 heteroatoms. The van der Waals surface area contributed by atoms with Crippen LogP contribution in [0.1, 0.15) is 5.56 Å². The highest BCUT2D eigenvalue weighted by molar-refractivity contribution is 7.90. The molecule has 0 saturated heterocycles. The van der Waals surface area contributed by atoms with Crippen molar-refractivity contribution in [3.8, 4) is 11.5 Å². The molecule has 3 rings (SSSR count). The van der Waals surface area contributed by atoms with Gasteiger partial charge in [0.25, 0.3) is 10.0 Å². The summed E-state index contributed by atoms with van der Waals surface area (Å²) in [6, 6.07) is 10.2. The molecular formula is C19H20N2O4S2. The Balaban J connectivity index is 2.33. The molecule has 6 nitrogen and oxygen atoms in total. The molecule has 0 saturated carbocycles. The number of aryl methyl sites for hydroxylation is 1. The number of fused-ring (bicyclic) bond motifs is 1. The molecule has 1 heterocycles. The Hall–Kier alpha value is -2.58. The van der Waals surface area contributed by atoms with Crippen LogP contribution in [0.25, 0.3) is 10.2 Å². The molecule has 0 fully saturated rings. The van der Waals surface area contributed by atoms with E-state index in [4.69, 9.17) is 9.47 Å². The summed E-state index contributed by atoms with van der Waals surface area (Å²) < 4.78 is 43.1. The number of methoxy groups -OCH3 is 2. The van der Waals surface area contributed by atoms with Gasteiger partial charge in [-0.05, 0) is 31.2 Å². The van der Waals surface area contributed by atoms with Gasteiger partial charge < -0.3 is 14.0 Å². The molecule has 142 valence electrons. The van der Waals surface area contributed by atoms with Gasteiger partial charge in [0.05, 0.1) is 19.1 Å². The third kappa shape index (κ3) is 3.63. The van der Waals surface area contributed by atoms with Crippen molar-refractivity contribution in [3.63, 3.8) is 0 Å². The summed E-state index contributed by atoms with van der Waals surface area (Å²) in [5.74, 6) is 1.24. The molecule has 0 amide bonds. The predicted octanol–water partition coefficient (Wildman–Crippen LogP) is 3.50. The maximum atomic E-state index is 12.8. The number of sulfonamides is 1. The van der Waals surface area contributed by atoms with Crippen LogP contribution < -0.4 is 14.3 Å². The van der Waals surface area contributed by atoms with Crippen molar-refractivity contribution in [2.45, 2.75) is 18.4 Å². The first-order chi connectivity index (χ1) is 12.9. The second kappa shape index (κ2) is 7.58. The van der Waals surface area contributed by atoms with Crippen LogP contribution >= 0.6 is 11.3 Å². The standard InChI is InChI=1S/C19H20N2O4S2/c1-5-12-21-17-15(24-3)10-11-16(25-4)18(17)26-19(21)20-27(22,23)14-8-6-13(2)7-9-14/h5-11H,1,12H2,2-4H3/b20-19-. The van der Waals surface area contributed by atoms with E-state index in [0.717, 1.165) is 15.8 Å². The van der Waals surface area contributed by atoms with Crippen molar-refractivity contribution in [3.05, 3.63) is 59.4 Å². The quantitative estimate of drug-likeness (QED) is 0.590. The van der Waals surface area contributed by atoms with Crippen molar-refractivity contribution >= 4 is 31.6 Å². The number of nitrogens with zero attached hydrogens (tertiary/aromatic N) is 2. The van der Waals surface area contributed by atoms with Crippen LogP contribution in [0.4, 0.5) is 0 Å². The number of allylic oxidation sites excluding steroid dienone is 1. The maximum Gasteiger partial charge on any atom is 0.285 e. The lowest BCUT2D eigenvalue weighted by Crippen LogP contribution is -2.16. The van der Waals surface area contributed by atoms with Gasteiger partial charge >= 0.3 is 0 Å². The average molecular weight is 405 g/mol. The van der Waals surface area contributed by atoms with Crippen molar-refractivity contribution in [2.24, 2.45) is 4.40 Å². The summed E-state index contributed by atoms with van der Waals surface area (Å²) >= 11 is 1.23. The van der Waals surface area contributed by atoms with Gasteiger partial charge in [0.1, 0.15) is 21.7 Å². The highest BCUT2D eigenvalue weighted by Gasteiger charge is 2.18. The smallest absolute Gasteiger partial charge is 0.285 e. The number of hydrogen-bond acceptors (Lipinski definition) is 5. The molecule has 0 N–H and O–H groups in total. The van der Waals surface area contributed by atoms with Crippen molar-refractivity contribution in [1.29, 1.82) is 0 Å². The molecule has 0 aliphatic heterocycles. The molecule has 0 aliphatic rings. The summed E-state index contributed by atoms with van der Waals surface area (Å²) in [7, 11) is -0.724. The minimum Gasteiger partial charge on any atom is -0.495 e. The largest absolute Gasteiger partial charge is 0.495 e. The van der Waals surface area contributed by atoms with Gasteiger partial charge in [0.15, 0.2) is 0 Å². The molecule has 0 spiro atoms. The third-order valence-electron chi connectivity index (χ3n) is 4.02. The van der Waals surface area contributed by atoms with Crippen LogP contribution in [-0.4, -0.2) is 27.2 Å². The van der Waals surface area contributed by atoms with Crippen molar-refractivity contribution < 1.29 is 17.9 Å².